The first kappa shape index (κ1) is 12.7. The predicted octanol–water partition coefficient (Wildman–Crippen LogP) is 1.19. The van der Waals surface area contributed by atoms with Crippen LogP contribution >= 0.6 is 0 Å². The van der Waals surface area contributed by atoms with Gasteiger partial charge in [-0.3, -0.25) is 4.79 Å². The molecule has 1 aliphatic heterocycles. The van der Waals surface area contributed by atoms with Crippen LogP contribution in [0.4, 0.5) is 5.82 Å². The fourth-order valence-electron chi connectivity index (χ4n) is 2.82. The van der Waals surface area contributed by atoms with Gasteiger partial charge in [0.15, 0.2) is 0 Å². The van der Waals surface area contributed by atoms with Crippen molar-refractivity contribution in [3.63, 3.8) is 0 Å². The minimum atomic E-state index is -0.0537. The Bertz CT molecular complexity index is 494. The van der Waals surface area contributed by atoms with Crippen LogP contribution in [0.5, 0.6) is 0 Å². The Morgan fingerprint density at radius 1 is 1.42 bits per heavy atom. The van der Waals surface area contributed by atoms with Gasteiger partial charge in [-0.15, -0.1) is 0 Å². The maximum Gasteiger partial charge on any atom is 0.252 e. The summed E-state index contributed by atoms with van der Waals surface area (Å²) in [6, 6.07) is 2.84. The molecule has 104 valence electrons. The summed E-state index contributed by atoms with van der Waals surface area (Å²) < 4.78 is 0. The number of aryl methyl sites for hydroxylation is 1. The van der Waals surface area contributed by atoms with E-state index in [1.165, 1.54) is 32.1 Å². The van der Waals surface area contributed by atoms with E-state index in [9.17, 15) is 4.79 Å². The van der Waals surface area contributed by atoms with Crippen molar-refractivity contribution in [3.05, 3.63) is 22.2 Å². The van der Waals surface area contributed by atoms with Gasteiger partial charge in [-0.2, -0.15) is 0 Å². The fraction of sp³-hybridized carbons (Fsp3) is 0.714. The van der Waals surface area contributed by atoms with Crippen LogP contribution in [0.3, 0.4) is 0 Å². The molecule has 1 aromatic heterocycles. The van der Waals surface area contributed by atoms with Crippen LogP contribution in [0.2, 0.25) is 0 Å². The standard InChI is InChI=1S/C14H22N4O/c1-10-16-13(8-14(19)17-10)18-7-3-2-4-12(18)9-15-11-5-6-11/h8,11-12,15H,2-7,9H2,1H3,(H,16,17,19). The Kier molecular flexibility index (Phi) is 3.55. The summed E-state index contributed by atoms with van der Waals surface area (Å²) in [7, 11) is 0. The lowest BCUT2D eigenvalue weighted by Gasteiger charge is -2.36. The lowest BCUT2D eigenvalue weighted by atomic mass is 10.0. The quantitative estimate of drug-likeness (QED) is 0.855. The zero-order valence-corrected chi connectivity index (χ0v) is 11.5. The van der Waals surface area contributed by atoms with E-state index in [1.54, 1.807) is 6.07 Å². The molecular formula is C14H22N4O. The molecule has 3 rings (SSSR count). The van der Waals surface area contributed by atoms with Crippen molar-refractivity contribution in [3.8, 4) is 0 Å². The highest BCUT2D eigenvalue weighted by molar-refractivity contribution is 5.39. The van der Waals surface area contributed by atoms with E-state index in [0.717, 1.165) is 24.9 Å². The molecule has 1 saturated carbocycles. The number of hydrogen-bond donors (Lipinski definition) is 2. The van der Waals surface area contributed by atoms with Gasteiger partial charge in [-0.25, -0.2) is 4.98 Å². The van der Waals surface area contributed by atoms with Crippen LogP contribution in [0, 0.1) is 6.92 Å². The van der Waals surface area contributed by atoms with Crippen LogP contribution in [-0.2, 0) is 0 Å². The molecule has 0 bridgehead atoms. The maximum absolute atomic E-state index is 11.6. The normalized spacial score (nSPS) is 23.6. The third-order valence-electron chi connectivity index (χ3n) is 3.99. The lowest BCUT2D eigenvalue weighted by Crippen LogP contribution is -2.46. The highest BCUT2D eigenvalue weighted by Gasteiger charge is 2.27. The molecule has 0 radical (unpaired) electrons. The smallest absolute Gasteiger partial charge is 0.252 e. The molecule has 1 unspecified atom stereocenters. The highest BCUT2D eigenvalue weighted by Crippen LogP contribution is 2.24. The zero-order valence-electron chi connectivity index (χ0n) is 11.5. The van der Waals surface area contributed by atoms with Crippen LogP contribution in [0.1, 0.15) is 37.9 Å². The minimum Gasteiger partial charge on any atom is -0.352 e. The van der Waals surface area contributed by atoms with Gasteiger partial charge < -0.3 is 15.2 Å². The van der Waals surface area contributed by atoms with E-state index < -0.39 is 0 Å². The first-order valence-corrected chi connectivity index (χ1v) is 7.30. The van der Waals surface area contributed by atoms with Gasteiger partial charge in [-0.1, -0.05) is 0 Å². The van der Waals surface area contributed by atoms with Crippen molar-refractivity contribution in [2.24, 2.45) is 0 Å². The van der Waals surface area contributed by atoms with Crippen LogP contribution in [0.15, 0.2) is 10.9 Å². The molecule has 2 heterocycles. The lowest BCUT2D eigenvalue weighted by molar-refractivity contribution is 0.431. The molecule has 2 fully saturated rings. The molecule has 0 spiro atoms. The first-order valence-electron chi connectivity index (χ1n) is 7.30. The van der Waals surface area contributed by atoms with Gasteiger partial charge in [0.2, 0.25) is 0 Å². The summed E-state index contributed by atoms with van der Waals surface area (Å²) in [6.45, 7) is 3.86. The Balaban J connectivity index is 1.75. The highest BCUT2D eigenvalue weighted by atomic mass is 16.1. The van der Waals surface area contributed by atoms with Crippen LogP contribution < -0.4 is 15.8 Å². The van der Waals surface area contributed by atoms with Gasteiger partial charge in [0, 0.05) is 31.2 Å². The number of H-pyrrole nitrogens is 1. The number of piperidine rings is 1. The number of hydrogen-bond acceptors (Lipinski definition) is 4. The number of anilines is 1. The Labute approximate surface area is 113 Å². The first-order chi connectivity index (χ1) is 9.22. The fourth-order valence-corrected chi connectivity index (χ4v) is 2.82. The van der Waals surface area contributed by atoms with E-state index in [-0.39, 0.29) is 5.56 Å². The molecule has 1 aromatic rings. The second-order valence-corrected chi connectivity index (χ2v) is 5.71. The second kappa shape index (κ2) is 5.33. The van der Waals surface area contributed by atoms with Crippen molar-refractivity contribution in [1.29, 1.82) is 0 Å². The Morgan fingerprint density at radius 2 is 2.26 bits per heavy atom. The largest absolute Gasteiger partial charge is 0.352 e. The van der Waals surface area contributed by atoms with E-state index >= 15 is 0 Å². The van der Waals surface area contributed by atoms with Crippen LogP contribution in [0.25, 0.3) is 0 Å². The molecule has 1 aliphatic carbocycles. The second-order valence-electron chi connectivity index (χ2n) is 5.71. The summed E-state index contributed by atoms with van der Waals surface area (Å²) in [6.07, 6.45) is 6.28. The molecule has 5 nitrogen and oxygen atoms in total. The molecule has 1 saturated heterocycles. The van der Waals surface area contributed by atoms with Crippen molar-refractivity contribution in [2.45, 2.75) is 51.1 Å². The molecule has 2 N–H and O–H groups in total. The number of rotatable bonds is 4. The Hall–Kier alpha value is -1.36. The summed E-state index contributed by atoms with van der Waals surface area (Å²) in [5.41, 5.74) is -0.0537. The van der Waals surface area contributed by atoms with Gasteiger partial charge in [0.25, 0.3) is 5.56 Å². The summed E-state index contributed by atoms with van der Waals surface area (Å²) in [5.74, 6) is 1.53. The molecular weight excluding hydrogens is 240 g/mol. The van der Waals surface area contributed by atoms with E-state index in [0.29, 0.717) is 11.9 Å². The molecule has 1 atom stereocenters. The summed E-state index contributed by atoms with van der Waals surface area (Å²) in [5, 5.41) is 3.60. The predicted molar refractivity (Wildman–Crippen MR) is 75.6 cm³/mol. The van der Waals surface area contributed by atoms with Gasteiger partial charge in [0.1, 0.15) is 11.6 Å². The summed E-state index contributed by atoms with van der Waals surface area (Å²) in [4.78, 5) is 21.1. The average Bonchev–Trinajstić information content (AvgIpc) is 3.19. The molecule has 19 heavy (non-hydrogen) atoms. The zero-order chi connectivity index (χ0) is 13.2. The average molecular weight is 262 g/mol. The van der Waals surface area contributed by atoms with Gasteiger partial charge in [0.05, 0.1) is 0 Å². The molecule has 0 amide bonds. The molecule has 2 aliphatic rings. The van der Waals surface area contributed by atoms with Crippen LogP contribution in [-0.4, -0.2) is 35.1 Å². The van der Waals surface area contributed by atoms with Crippen molar-refractivity contribution >= 4 is 5.82 Å². The number of aromatic nitrogens is 2. The van der Waals surface area contributed by atoms with Crippen molar-refractivity contribution in [1.82, 2.24) is 15.3 Å². The van der Waals surface area contributed by atoms with Crippen molar-refractivity contribution in [2.75, 3.05) is 18.0 Å². The third-order valence-corrected chi connectivity index (χ3v) is 3.99. The monoisotopic (exact) mass is 262 g/mol. The SMILES string of the molecule is Cc1nc(N2CCCCC2CNC2CC2)cc(=O)[nH]1. The van der Waals surface area contributed by atoms with E-state index in [4.69, 9.17) is 0 Å². The van der Waals surface area contributed by atoms with Gasteiger partial charge >= 0.3 is 0 Å². The summed E-state index contributed by atoms with van der Waals surface area (Å²) >= 11 is 0. The number of nitrogens with one attached hydrogen (secondary N) is 2. The van der Waals surface area contributed by atoms with Crippen molar-refractivity contribution < 1.29 is 0 Å². The van der Waals surface area contributed by atoms with E-state index in [1.807, 2.05) is 6.92 Å². The Morgan fingerprint density at radius 3 is 3.00 bits per heavy atom. The van der Waals surface area contributed by atoms with E-state index in [2.05, 4.69) is 20.2 Å². The molecule has 5 heteroatoms. The number of aromatic amines is 1. The topological polar surface area (TPSA) is 61.0 Å². The number of nitrogens with zero attached hydrogens (tertiary/aromatic N) is 2. The van der Waals surface area contributed by atoms with Gasteiger partial charge in [-0.05, 0) is 39.0 Å². The maximum atomic E-state index is 11.6. The third kappa shape index (κ3) is 3.15. The minimum absolute atomic E-state index is 0.0537. The molecule has 0 aromatic carbocycles.